The monoisotopic (exact) mass is 601 g/mol. The molecule has 4 aromatic rings. The van der Waals surface area contributed by atoms with Crippen LogP contribution in [0.2, 0.25) is 0 Å². The Labute approximate surface area is 262 Å². The molecule has 45 heavy (non-hydrogen) atoms. The fourth-order valence-corrected chi connectivity index (χ4v) is 6.04. The summed E-state index contributed by atoms with van der Waals surface area (Å²) < 4.78 is 1.75. The molecule has 10 nitrogen and oxygen atoms in total. The lowest BCUT2D eigenvalue weighted by Crippen LogP contribution is -2.44. The van der Waals surface area contributed by atoms with Crippen molar-refractivity contribution < 1.29 is 14.4 Å². The summed E-state index contributed by atoms with van der Waals surface area (Å²) in [6, 6.07) is 22.4. The minimum Gasteiger partial charge on any atom is -0.349 e. The first-order valence-electron chi connectivity index (χ1n) is 15.4. The number of carbonyl (C=O) groups excluding carboxylic acids is 3. The molecule has 0 radical (unpaired) electrons. The van der Waals surface area contributed by atoms with Crippen molar-refractivity contribution in [1.82, 2.24) is 29.9 Å². The van der Waals surface area contributed by atoms with Gasteiger partial charge in [-0.3, -0.25) is 24.3 Å². The molecule has 0 saturated carbocycles. The minimum atomic E-state index is -0.191. The first-order valence-corrected chi connectivity index (χ1v) is 15.4. The molecule has 0 atom stereocenters. The molecule has 0 unspecified atom stereocenters. The van der Waals surface area contributed by atoms with E-state index < -0.39 is 0 Å². The van der Waals surface area contributed by atoms with Gasteiger partial charge in [-0.25, -0.2) is 4.68 Å². The van der Waals surface area contributed by atoms with Gasteiger partial charge in [0, 0.05) is 68.8 Å². The van der Waals surface area contributed by atoms with Crippen LogP contribution in [0.1, 0.15) is 68.0 Å². The van der Waals surface area contributed by atoms with E-state index >= 15 is 0 Å². The third-order valence-corrected chi connectivity index (χ3v) is 8.73. The molecule has 2 saturated heterocycles. The van der Waals surface area contributed by atoms with Gasteiger partial charge in [0.25, 0.3) is 11.8 Å². The number of nitrogens with zero attached hydrogens (tertiary/aromatic N) is 6. The van der Waals surface area contributed by atoms with Gasteiger partial charge in [0.05, 0.1) is 22.9 Å². The first-order chi connectivity index (χ1) is 22.0. The average Bonchev–Trinajstić information content (AvgIpc) is 3.64. The lowest BCUT2D eigenvalue weighted by molar-refractivity contribution is 0.0645. The van der Waals surface area contributed by atoms with E-state index in [1.807, 2.05) is 60.8 Å². The summed E-state index contributed by atoms with van der Waals surface area (Å²) in [5, 5.41) is 16.3. The quantitative estimate of drug-likeness (QED) is 0.299. The van der Waals surface area contributed by atoms with Gasteiger partial charge in [0.1, 0.15) is 5.69 Å². The zero-order valence-corrected chi connectivity index (χ0v) is 25.0. The molecule has 0 bridgehead atoms. The van der Waals surface area contributed by atoms with E-state index in [4.69, 9.17) is 5.26 Å². The van der Waals surface area contributed by atoms with Crippen molar-refractivity contribution in [2.45, 2.75) is 38.3 Å². The van der Waals surface area contributed by atoms with Crippen LogP contribution < -0.4 is 5.32 Å². The van der Waals surface area contributed by atoms with E-state index in [2.05, 4.69) is 26.4 Å². The normalized spacial score (nSPS) is 16.2. The number of aromatic nitrogens is 3. The number of benzene rings is 2. The summed E-state index contributed by atoms with van der Waals surface area (Å²) >= 11 is 0. The second kappa shape index (κ2) is 13.7. The van der Waals surface area contributed by atoms with Crippen LogP contribution in [-0.4, -0.2) is 74.4 Å². The van der Waals surface area contributed by atoms with Gasteiger partial charge in [-0.1, -0.05) is 12.1 Å². The van der Waals surface area contributed by atoms with E-state index in [0.29, 0.717) is 48.3 Å². The number of hydrogen-bond donors (Lipinski definition) is 1. The molecule has 228 valence electrons. The SMILES string of the molecule is N#Cc1ccc(CN2CCC(NC(=O)c3ccc(C(=O)N4CCC(C(=O)c5ccc(-n6cccn6)cc5)CC4)nc3)CC2)cc1. The van der Waals surface area contributed by atoms with Crippen LogP contribution in [0, 0.1) is 17.2 Å². The van der Waals surface area contributed by atoms with Gasteiger partial charge in [0.15, 0.2) is 5.78 Å². The third kappa shape index (κ3) is 7.16. The minimum absolute atomic E-state index is 0.0781. The number of nitriles is 1. The van der Waals surface area contributed by atoms with Crippen molar-refractivity contribution in [1.29, 1.82) is 5.26 Å². The number of Topliss-reactive ketones (excluding diaryl/α,β-unsaturated/α-hetero) is 1. The van der Waals surface area contributed by atoms with Crippen LogP contribution in [0.25, 0.3) is 5.69 Å². The topological polar surface area (TPSA) is 124 Å². The molecule has 2 aromatic heterocycles. The molecule has 0 spiro atoms. The number of hydrogen-bond acceptors (Lipinski definition) is 7. The molecular weight excluding hydrogens is 566 g/mol. The molecule has 1 N–H and O–H groups in total. The Morgan fingerprint density at radius 2 is 1.58 bits per heavy atom. The van der Waals surface area contributed by atoms with Crippen molar-refractivity contribution in [2.24, 2.45) is 5.92 Å². The van der Waals surface area contributed by atoms with E-state index in [0.717, 1.165) is 38.2 Å². The maximum Gasteiger partial charge on any atom is 0.272 e. The smallest absolute Gasteiger partial charge is 0.272 e. The van der Waals surface area contributed by atoms with Crippen LogP contribution in [-0.2, 0) is 6.54 Å². The summed E-state index contributed by atoms with van der Waals surface area (Å²) in [7, 11) is 0. The Morgan fingerprint density at radius 1 is 0.867 bits per heavy atom. The Morgan fingerprint density at radius 3 is 2.20 bits per heavy atom. The van der Waals surface area contributed by atoms with E-state index in [-0.39, 0.29) is 29.6 Å². The standard InChI is InChI=1S/C35H35N7O3/c36-22-25-2-4-26(5-3-25)24-40-18-14-30(15-19-40)39-34(44)29-8-11-32(37-23-29)35(45)41-20-12-28(13-21-41)33(43)27-6-9-31(10-7-27)42-17-1-16-38-42/h1-11,16-17,23,28,30H,12-15,18-21,24H2,(H,39,44). The second-order valence-corrected chi connectivity index (χ2v) is 11.7. The first kappa shape index (κ1) is 29.9. The Bertz CT molecular complexity index is 1660. The number of carbonyl (C=O) groups is 3. The molecule has 2 aliphatic rings. The average molecular weight is 602 g/mol. The number of piperidine rings is 2. The van der Waals surface area contributed by atoms with Crippen molar-refractivity contribution in [3.05, 3.63) is 113 Å². The van der Waals surface area contributed by atoms with Crippen molar-refractivity contribution >= 4 is 17.6 Å². The predicted molar refractivity (Wildman–Crippen MR) is 168 cm³/mol. The van der Waals surface area contributed by atoms with Gasteiger partial charge < -0.3 is 10.2 Å². The number of pyridine rings is 1. The van der Waals surface area contributed by atoms with Gasteiger partial charge in [0.2, 0.25) is 0 Å². The van der Waals surface area contributed by atoms with Crippen LogP contribution in [0.3, 0.4) is 0 Å². The second-order valence-electron chi connectivity index (χ2n) is 11.7. The number of amides is 2. The lowest BCUT2D eigenvalue weighted by atomic mass is 9.88. The highest BCUT2D eigenvalue weighted by molar-refractivity contribution is 5.99. The van der Waals surface area contributed by atoms with Crippen molar-refractivity contribution in [3.63, 3.8) is 0 Å². The summed E-state index contributed by atoms with van der Waals surface area (Å²) in [4.78, 5) is 47.6. The highest BCUT2D eigenvalue weighted by Crippen LogP contribution is 2.24. The van der Waals surface area contributed by atoms with Gasteiger partial charge in [-0.05, 0) is 85.8 Å². The zero-order valence-electron chi connectivity index (χ0n) is 25.0. The summed E-state index contributed by atoms with van der Waals surface area (Å²) in [6.45, 7) is 3.53. The van der Waals surface area contributed by atoms with Crippen molar-refractivity contribution in [3.8, 4) is 11.8 Å². The number of nitrogens with one attached hydrogen (secondary N) is 1. The summed E-state index contributed by atoms with van der Waals surface area (Å²) in [6.07, 6.45) is 7.92. The maximum atomic E-state index is 13.1. The van der Waals surface area contributed by atoms with Gasteiger partial charge >= 0.3 is 0 Å². The molecule has 6 rings (SSSR count). The van der Waals surface area contributed by atoms with Crippen LogP contribution in [0.4, 0.5) is 0 Å². The maximum absolute atomic E-state index is 13.1. The van der Waals surface area contributed by atoms with Crippen LogP contribution in [0.15, 0.2) is 85.3 Å². The Hall–Kier alpha value is -5.14. The molecule has 0 aliphatic carbocycles. The molecular formula is C35H35N7O3. The lowest BCUT2D eigenvalue weighted by Gasteiger charge is -2.32. The van der Waals surface area contributed by atoms with Crippen LogP contribution in [0.5, 0.6) is 0 Å². The Kier molecular flexibility index (Phi) is 9.08. The van der Waals surface area contributed by atoms with Gasteiger partial charge in [-0.2, -0.15) is 10.4 Å². The Balaban J connectivity index is 0.947. The fraction of sp³-hybridized carbons (Fsp3) is 0.314. The highest BCUT2D eigenvalue weighted by atomic mass is 16.2. The van der Waals surface area contributed by atoms with Gasteiger partial charge in [-0.15, -0.1) is 0 Å². The van der Waals surface area contributed by atoms with Crippen molar-refractivity contribution in [2.75, 3.05) is 26.2 Å². The molecule has 2 fully saturated rings. The molecule has 2 aromatic carbocycles. The number of rotatable bonds is 8. The molecule has 10 heteroatoms. The number of ketones is 1. The van der Waals surface area contributed by atoms with E-state index in [1.165, 1.54) is 11.8 Å². The van der Waals surface area contributed by atoms with E-state index in [9.17, 15) is 14.4 Å². The molecule has 4 heterocycles. The summed E-state index contributed by atoms with van der Waals surface area (Å²) in [5.41, 5.74) is 4.11. The number of likely N-dealkylation sites (tertiary alicyclic amines) is 2. The highest BCUT2D eigenvalue weighted by Gasteiger charge is 2.29. The third-order valence-electron chi connectivity index (χ3n) is 8.73. The summed E-state index contributed by atoms with van der Waals surface area (Å²) in [5.74, 6) is -0.416. The van der Waals surface area contributed by atoms with E-state index in [1.54, 1.807) is 27.9 Å². The molecule has 2 amide bonds. The molecule has 2 aliphatic heterocycles. The zero-order chi connectivity index (χ0) is 31.2. The van der Waals surface area contributed by atoms with Crippen LogP contribution >= 0.6 is 0 Å². The largest absolute Gasteiger partial charge is 0.349 e. The fourth-order valence-electron chi connectivity index (χ4n) is 6.04. The predicted octanol–water partition coefficient (Wildman–Crippen LogP) is 4.27.